The van der Waals surface area contributed by atoms with Crippen LogP contribution in [0.4, 0.5) is 0 Å². The summed E-state index contributed by atoms with van der Waals surface area (Å²) in [5, 5.41) is 11.4. The predicted molar refractivity (Wildman–Crippen MR) is 148 cm³/mol. The van der Waals surface area contributed by atoms with Crippen molar-refractivity contribution in [1.82, 2.24) is 9.80 Å². The molecule has 2 heterocycles. The van der Waals surface area contributed by atoms with Crippen molar-refractivity contribution in [2.24, 2.45) is 0 Å². The molecule has 2 saturated heterocycles. The maximum atomic E-state index is 13.4. The van der Waals surface area contributed by atoms with Gasteiger partial charge in [-0.3, -0.25) is 14.5 Å². The van der Waals surface area contributed by atoms with Crippen molar-refractivity contribution >= 4 is 17.4 Å². The number of amides is 1. The summed E-state index contributed by atoms with van der Waals surface area (Å²) in [6.45, 7) is 16.2. The minimum atomic E-state index is -0.679. The molecule has 0 aromatic heterocycles. The Bertz CT molecular complexity index is 1220. The van der Waals surface area contributed by atoms with Gasteiger partial charge in [0.1, 0.15) is 18.1 Å². The zero-order valence-electron chi connectivity index (χ0n) is 22.8. The van der Waals surface area contributed by atoms with Crippen molar-refractivity contribution in [3.8, 4) is 5.75 Å². The van der Waals surface area contributed by atoms with E-state index in [9.17, 15) is 14.7 Å². The van der Waals surface area contributed by atoms with Crippen LogP contribution in [0.2, 0.25) is 0 Å². The first-order valence-electron chi connectivity index (χ1n) is 13.2. The molecule has 38 heavy (non-hydrogen) atoms. The standard InChI is InChI=1S/C31H38N2O5/c1-6-17-38-25-12-9-23(20-21(25)2)28(34)26-27(22-7-10-24(11-8-22)31(3,4)5)33(30(36)29(26)35)14-13-32-15-18-37-19-16-32/h6-12,20,27,34H,1,13-19H2,2-5H3/b28-26+. The summed E-state index contributed by atoms with van der Waals surface area (Å²) in [5.74, 6) is -0.770. The third-order valence-electron chi connectivity index (χ3n) is 7.20. The molecular formula is C31H38N2O5. The van der Waals surface area contributed by atoms with Gasteiger partial charge < -0.3 is 19.5 Å². The van der Waals surface area contributed by atoms with Crippen LogP contribution in [0, 0.1) is 6.92 Å². The molecule has 1 N–H and O–H groups in total. The van der Waals surface area contributed by atoms with Crippen molar-refractivity contribution < 1.29 is 24.2 Å². The van der Waals surface area contributed by atoms with E-state index in [0.29, 0.717) is 44.2 Å². The van der Waals surface area contributed by atoms with Crippen molar-refractivity contribution in [3.05, 3.63) is 82.9 Å². The van der Waals surface area contributed by atoms with Gasteiger partial charge in [-0.15, -0.1) is 0 Å². The summed E-state index contributed by atoms with van der Waals surface area (Å²) >= 11 is 0. The van der Waals surface area contributed by atoms with E-state index in [2.05, 4.69) is 32.3 Å². The van der Waals surface area contributed by atoms with E-state index in [1.165, 1.54) is 0 Å². The molecule has 202 valence electrons. The molecule has 2 fully saturated rings. The highest BCUT2D eigenvalue weighted by Gasteiger charge is 2.46. The summed E-state index contributed by atoms with van der Waals surface area (Å²) in [5.41, 5.74) is 3.30. The van der Waals surface area contributed by atoms with Crippen molar-refractivity contribution in [1.29, 1.82) is 0 Å². The number of hydrogen-bond acceptors (Lipinski definition) is 6. The second-order valence-corrected chi connectivity index (χ2v) is 10.9. The monoisotopic (exact) mass is 518 g/mol. The molecule has 0 bridgehead atoms. The van der Waals surface area contributed by atoms with Crippen LogP contribution >= 0.6 is 0 Å². The molecule has 7 heteroatoms. The summed E-state index contributed by atoms with van der Waals surface area (Å²) in [4.78, 5) is 30.6. The molecule has 1 unspecified atom stereocenters. The lowest BCUT2D eigenvalue weighted by Gasteiger charge is -2.31. The number of morpholine rings is 1. The van der Waals surface area contributed by atoms with Crippen LogP contribution in [0.5, 0.6) is 5.75 Å². The Hall–Kier alpha value is -3.42. The minimum absolute atomic E-state index is 0.0381. The van der Waals surface area contributed by atoms with Gasteiger partial charge in [0.15, 0.2) is 0 Å². The summed E-state index contributed by atoms with van der Waals surface area (Å²) in [6, 6.07) is 12.6. The Kier molecular flexibility index (Phi) is 8.38. The lowest BCUT2D eigenvalue weighted by molar-refractivity contribution is -0.140. The van der Waals surface area contributed by atoms with Crippen LogP contribution in [0.1, 0.15) is 49.1 Å². The second kappa shape index (κ2) is 11.5. The molecule has 0 aliphatic carbocycles. The van der Waals surface area contributed by atoms with Gasteiger partial charge in [0.25, 0.3) is 11.7 Å². The van der Waals surface area contributed by atoms with Crippen molar-refractivity contribution in [3.63, 3.8) is 0 Å². The average Bonchev–Trinajstić information content (AvgIpc) is 3.16. The van der Waals surface area contributed by atoms with Gasteiger partial charge in [-0.1, -0.05) is 57.7 Å². The quantitative estimate of drug-likeness (QED) is 0.238. The maximum absolute atomic E-state index is 13.4. The van der Waals surface area contributed by atoms with Gasteiger partial charge in [-0.05, 0) is 47.2 Å². The number of hydrogen-bond donors (Lipinski definition) is 1. The van der Waals surface area contributed by atoms with Crippen LogP contribution in [0.3, 0.4) is 0 Å². The van der Waals surface area contributed by atoms with Crippen molar-refractivity contribution in [2.75, 3.05) is 46.0 Å². The molecule has 7 nitrogen and oxygen atoms in total. The molecule has 2 aromatic rings. The predicted octanol–water partition coefficient (Wildman–Crippen LogP) is 4.61. The molecular weight excluding hydrogens is 480 g/mol. The number of carbonyl (C=O) groups excluding carboxylic acids is 2. The number of aliphatic hydroxyl groups is 1. The van der Waals surface area contributed by atoms with Gasteiger partial charge in [0.05, 0.1) is 24.8 Å². The number of ether oxygens (including phenoxy) is 2. The van der Waals surface area contributed by atoms with E-state index >= 15 is 0 Å². The van der Waals surface area contributed by atoms with E-state index in [-0.39, 0.29) is 16.7 Å². The number of ketones is 1. The van der Waals surface area contributed by atoms with Crippen LogP contribution in [-0.4, -0.2) is 72.6 Å². The molecule has 0 saturated carbocycles. The number of rotatable bonds is 8. The summed E-state index contributed by atoms with van der Waals surface area (Å²) in [6.07, 6.45) is 1.66. The van der Waals surface area contributed by atoms with Crippen LogP contribution in [0.15, 0.2) is 60.7 Å². The number of aliphatic hydroxyl groups excluding tert-OH is 1. The molecule has 4 rings (SSSR count). The SMILES string of the molecule is C=CCOc1ccc(/C(O)=C2\C(=O)C(=O)N(CCN3CCOCC3)C2c2ccc(C(C)(C)C)cc2)cc1C. The third kappa shape index (κ3) is 5.84. The Morgan fingerprint density at radius 3 is 2.39 bits per heavy atom. The van der Waals surface area contributed by atoms with Crippen molar-refractivity contribution in [2.45, 2.75) is 39.2 Å². The Morgan fingerprint density at radius 1 is 1.11 bits per heavy atom. The molecule has 0 spiro atoms. The molecule has 0 radical (unpaired) electrons. The van der Waals surface area contributed by atoms with Gasteiger partial charge >= 0.3 is 0 Å². The van der Waals surface area contributed by atoms with E-state index in [1.807, 2.05) is 31.2 Å². The highest BCUT2D eigenvalue weighted by atomic mass is 16.5. The van der Waals surface area contributed by atoms with Crippen LogP contribution in [0.25, 0.3) is 5.76 Å². The van der Waals surface area contributed by atoms with E-state index in [0.717, 1.165) is 29.8 Å². The van der Waals surface area contributed by atoms with E-state index < -0.39 is 17.7 Å². The number of carbonyl (C=O) groups is 2. The topological polar surface area (TPSA) is 79.3 Å². The van der Waals surface area contributed by atoms with Crippen LogP contribution < -0.4 is 4.74 Å². The molecule has 1 atom stereocenters. The Labute approximate surface area is 225 Å². The third-order valence-corrected chi connectivity index (χ3v) is 7.20. The highest BCUT2D eigenvalue weighted by molar-refractivity contribution is 6.46. The Balaban J connectivity index is 1.74. The number of benzene rings is 2. The second-order valence-electron chi connectivity index (χ2n) is 10.9. The van der Waals surface area contributed by atoms with E-state index in [4.69, 9.17) is 9.47 Å². The number of aryl methyl sites for hydroxylation is 1. The fourth-order valence-electron chi connectivity index (χ4n) is 4.96. The Morgan fingerprint density at radius 2 is 1.79 bits per heavy atom. The fourth-order valence-corrected chi connectivity index (χ4v) is 4.96. The highest BCUT2D eigenvalue weighted by Crippen LogP contribution is 2.40. The molecule has 1 amide bonds. The largest absolute Gasteiger partial charge is 0.507 e. The average molecular weight is 519 g/mol. The van der Waals surface area contributed by atoms with Gasteiger partial charge in [-0.25, -0.2) is 0 Å². The molecule has 2 aliphatic rings. The van der Waals surface area contributed by atoms with E-state index in [1.54, 1.807) is 29.2 Å². The number of Topliss-reactive ketones (excluding diaryl/α,β-unsaturated/α-hetero) is 1. The zero-order valence-corrected chi connectivity index (χ0v) is 22.8. The van der Waals surface area contributed by atoms with Gasteiger partial charge in [0.2, 0.25) is 0 Å². The number of likely N-dealkylation sites (tertiary alicyclic amines) is 1. The van der Waals surface area contributed by atoms with Gasteiger partial charge in [0, 0.05) is 31.7 Å². The minimum Gasteiger partial charge on any atom is -0.507 e. The molecule has 2 aliphatic heterocycles. The first-order chi connectivity index (χ1) is 18.1. The first kappa shape index (κ1) is 27.6. The normalized spacial score (nSPS) is 20.1. The maximum Gasteiger partial charge on any atom is 0.295 e. The smallest absolute Gasteiger partial charge is 0.295 e. The summed E-state index contributed by atoms with van der Waals surface area (Å²) < 4.78 is 11.1. The van der Waals surface area contributed by atoms with Gasteiger partial charge in [-0.2, -0.15) is 0 Å². The molecule has 2 aromatic carbocycles. The summed E-state index contributed by atoms with van der Waals surface area (Å²) in [7, 11) is 0. The van der Waals surface area contributed by atoms with Crippen LogP contribution in [-0.2, 0) is 19.7 Å². The lowest BCUT2D eigenvalue weighted by atomic mass is 9.85. The first-order valence-corrected chi connectivity index (χ1v) is 13.2. The lowest BCUT2D eigenvalue weighted by Crippen LogP contribution is -2.42. The number of nitrogens with zero attached hydrogens (tertiary/aromatic N) is 2. The fraction of sp³-hybridized carbons (Fsp3) is 0.419. The zero-order chi connectivity index (χ0) is 27.4.